The lowest BCUT2D eigenvalue weighted by molar-refractivity contribution is 0.409. The molecule has 0 heterocycles. The largest absolute Gasteiger partial charge is 0.496 e. The van der Waals surface area contributed by atoms with Crippen LogP contribution in [-0.4, -0.2) is 14.2 Å². The van der Waals surface area contributed by atoms with Gasteiger partial charge in [0.25, 0.3) is 0 Å². The molecule has 2 atom stereocenters. The average Bonchev–Trinajstić information content (AvgIpc) is 3.09. The molecular formula is C40H38O2S2. The first-order valence-electron chi connectivity index (χ1n) is 15.3. The number of benzene rings is 6. The van der Waals surface area contributed by atoms with E-state index >= 15 is 0 Å². The second-order valence-electron chi connectivity index (χ2n) is 11.0. The number of hydrogen-bond acceptors (Lipinski definition) is 4. The van der Waals surface area contributed by atoms with Crippen LogP contribution < -0.4 is 9.47 Å². The van der Waals surface area contributed by atoms with Gasteiger partial charge in [0.2, 0.25) is 0 Å². The van der Waals surface area contributed by atoms with Crippen LogP contribution in [0.4, 0.5) is 0 Å². The van der Waals surface area contributed by atoms with E-state index in [0.29, 0.717) is 0 Å². The molecule has 4 heteroatoms. The van der Waals surface area contributed by atoms with Crippen LogP contribution >= 0.6 is 21.6 Å². The van der Waals surface area contributed by atoms with Gasteiger partial charge in [-0.25, -0.2) is 0 Å². The first kappa shape index (κ1) is 30.2. The lowest BCUT2D eigenvalue weighted by Gasteiger charge is -2.23. The van der Waals surface area contributed by atoms with Crippen LogP contribution in [0.2, 0.25) is 0 Å². The highest BCUT2D eigenvalue weighted by molar-refractivity contribution is 8.76. The fourth-order valence-corrected chi connectivity index (χ4v) is 9.43. The first-order valence-corrected chi connectivity index (χ1v) is 17.6. The highest BCUT2D eigenvalue weighted by atomic mass is 33.1. The molecule has 0 aliphatic carbocycles. The molecule has 6 aromatic rings. The van der Waals surface area contributed by atoms with E-state index in [-0.39, 0.29) is 10.5 Å². The summed E-state index contributed by atoms with van der Waals surface area (Å²) in [6.45, 7) is 4.54. The molecular weight excluding hydrogens is 577 g/mol. The molecule has 6 rings (SSSR count). The maximum Gasteiger partial charge on any atom is 0.123 e. The number of fused-ring (bicyclic) bond motifs is 2. The maximum absolute atomic E-state index is 5.92. The van der Waals surface area contributed by atoms with E-state index in [4.69, 9.17) is 9.47 Å². The zero-order chi connectivity index (χ0) is 30.5. The summed E-state index contributed by atoms with van der Waals surface area (Å²) in [6.07, 6.45) is 1.99. The summed E-state index contributed by atoms with van der Waals surface area (Å²) in [4.78, 5) is 0. The van der Waals surface area contributed by atoms with Crippen molar-refractivity contribution >= 4 is 43.1 Å². The van der Waals surface area contributed by atoms with Crippen LogP contribution in [0.15, 0.2) is 121 Å². The predicted octanol–water partition coefficient (Wildman–Crippen LogP) is 12.3. The van der Waals surface area contributed by atoms with Gasteiger partial charge in [0.05, 0.1) is 14.2 Å². The van der Waals surface area contributed by atoms with Crippen LogP contribution in [0.1, 0.15) is 48.3 Å². The highest BCUT2D eigenvalue weighted by Crippen LogP contribution is 2.52. The van der Waals surface area contributed by atoms with Gasteiger partial charge >= 0.3 is 0 Å². The van der Waals surface area contributed by atoms with E-state index in [2.05, 4.69) is 135 Å². The van der Waals surface area contributed by atoms with E-state index in [1.54, 1.807) is 14.2 Å². The van der Waals surface area contributed by atoms with Gasteiger partial charge in [-0.2, -0.15) is 0 Å². The molecule has 0 N–H and O–H groups in total. The molecule has 0 bridgehead atoms. The van der Waals surface area contributed by atoms with E-state index in [1.165, 1.54) is 54.9 Å². The Morgan fingerprint density at radius 1 is 0.500 bits per heavy atom. The number of rotatable bonds is 11. The summed E-state index contributed by atoms with van der Waals surface area (Å²) in [7, 11) is 7.44. The molecule has 0 spiro atoms. The van der Waals surface area contributed by atoms with E-state index in [9.17, 15) is 0 Å². The van der Waals surface area contributed by atoms with Crippen molar-refractivity contribution in [2.24, 2.45) is 0 Å². The lowest BCUT2D eigenvalue weighted by atomic mass is 9.95. The van der Waals surface area contributed by atoms with Gasteiger partial charge in [-0.1, -0.05) is 132 Å². The molecule has 0 fully saturated rings. The number of hydrogen-bond donors (Lipinski definition) is 0. The molecule has 2 nitrogen and oxygen atoms in total. The van der Waals surface area contributed by atoms with Gasteiger partial charge in [-0.05, 0) is 80.9 Å². The molecule has 44 heavy (non-hydrogen) atoms. The van der Waals surface area contributed by atoms with Crippen molar-refractivity contribution < 1.29 is 9.47 Å². The molecule has 0 aliphatic rings. The Labute approximate surface area is 269 Å². The minimum Gasteiger partial charge on any atom is -0.496 e. The van der Waals surface area contributed by atoms with Crippen LogP contribution in [0.5, 0.6) is 11.5 Å². The van der Waals surface area contributed by atoms with Crippen molar-refractivity contribution in [2.75, 3.05) is 14.2 Å². The standard InChI is InChI=1S/C40H38O2S2/c1-5-39(35-25-29(21-23-37(35)41-3)33-19-11-15-27-13-7-9-17-31(27)33)43-44-40(6-2)36-26-30(22-24-38(36)42-4)34-20-12-16-28-14-8-10-18-32(28)34/h7-26,39-40H,5-6H2,1-4H3/t39-,40-/m1/s1. The van der Waals surface area contributed by atoms with E-state index in [0.717, 1.165) is 24.3 Å². The summed E-state index contributed by atoms with van der Waals surface area (Å²) in [5.74, 6) is 1.88. The average molecular weight is 615 g/mol. The molecule has 0 aromatic heterocycles. The summed E-state index contributed by atoms with van der Waals surface area (Å²) in [5, 5.41) is 5.59. The quantitative estimate of drug-likeness (QED) is 0.135. The smallest absolute Gasteiger partial charge is 0.123 e. The Morgan fingerprint density at radius 2 is 0.909 bits per heavy atom. The molecule has 6 aromatic carbocycles. The van der Waals surface area contributed by atoms with E-state index < -0.39 is 0 Å². The molecule has 0 saturated heterocycles. The Bertz CT molecular complexity index is 1750. The summed E-state index contributed by atoms with van der Waals surface area (Å²) >= 11 is 0. The lowest BCUT2D eigenvalue weighted by Crippen LogP contribution is -2.00. The minimum atomic E-state index is 0.270. The van der Waals surface area contributed by atoms with Crippen LogP contribution in [0.25, 0.3) is 43.8 Å². The summed E-state index contributed by atoms with van der Waals surface area (Å²) < 4.78 is 11.8. The fourth-order valence-electron chi connectivity index (χ4n) is 6.07. The number of ether oxygens (including phenoxy) is 2. The Kier molecular flexibility index (Phi) is 9.49. The second kappa shape index (κ2) is 13.8. The summed E-state index contributed by atoms with van der Waals surface area (Å²) in [5.41, 5.74) is 7.42. The zero-order valence-corrected chi connectivity index (χ0v) is 27.4. The van der Waals surface area contributed by atoms with Gasteiger partial charge in [0.1, 0.15) is 11.5 Å². The Balaban J connectivity index is 1.31. The monoisotopic (exact) mass is 614 g/mol. The van der Waals surface area contributed by atoms with Crippen molar-refractivity contribution in [3.63, 3.8) is 0 Å². The molecule has 222 valence electrons. The Morgan fingerprint density at radius 3 is 1.32 bits per heavy atom. The minimum absolute atomic E-state index is 0.270. The van der Waals surface area contributed by atoms with E-state index in [1.807, 2.05) is 21.6 Å². The highest BCUT2D eigenvalue weighted by Gasteiger charge is 2.22. The third-order valence-electron chi connectivity index (χ3n) is 8.38. The molecule has 0 amide bonds. The van der Waals surface area contributed by atoms with Gasteiger partial charge in [0.15, 0.2) is 0 Å². The molecule has 0 saturated carbocycles. The molecule has 0 unspecified atom stereocenters. The van der Waals surface area contributed by atoms with Crippen molar-refractivity contribution in [1.29, 1.82) is 0 Å². The van der Waals surface area contributed by atoms with Crippen LogP contribution in [0.3, 0.4) is 0 Å². The SMILES string of the molecule is CC[C@@H](SS[C@H](CC)c1cc(-c2cccc3ccccc23)ccc1OC)c1cc(-c2cccc3ccccc23)ccc1OC. The van der Waals surface area contributed by atoms with Crippen molar-refractivity contribution in [1.82, 2.24) is 0 Å². The first-order chi connectivity index (χ1) is 21.6. The van der Waals surface area contributed by atoms with Gasteiger partial charge < -0.3 is 9.47 Å². The Hall–Kier alpha value is -3.86. The molecule has 0 aliphatic heterocycles. The predicted molar refractivity (Wildman–Crippen MR) is 193 cm³/mol. The molecule has 0 radical (unpaired) electrons. The van der Waals surface area contributed by atoms with Crippen molar-refractivity contribution in [3.05, 3.63) is 132 Å². The van der Waals surface area contributed by atoms with Crippen LogP contribution in [-0.2, 0) is 0 Å². The van der Waals surface area contributed by atoms with Crippen molar-refractivity contribution in [3.8, 4) is 33.8 Å². The van der Waals surface area contributed by atoms with Gasteiger partial charge in [0, 0.05) is 21.6 Å². The second-order valence-corrected chi connectivity index (χ2v) is 13.6. The third-order valence-corrected chi connectivity index (χ3v) is 11.9. The maximum atomic E-state index is 5.92. The van der Waals surface area contributed by atoms with Crippen LogP contribution in [0, 0.1) is 0 Å². The van der Waals surface area contributed by atoms with Gasteiger partial charge in [-0.15, -0.1) is 0 Å². The van der Waals surface area contributed by atoms with Crippen molar-refractivity contribution in [2.45, 2.75) is 37.2 Å². The third kappa shape index (κ3) is 6.06. The summed E-state index contributed by atoms with van der Waals surface area (Å²) in [6, 6.07) is 43.6. The fraction of sp³-hybridized carbons (Fsp3) is 0.200. The number of methoxy groups -OCH3 is 2. The zero-order valence-electron chi connectivity index (χ0n) is 25.7. The van der Waals surface area contributed by atoms with Gasteiger partial charge in [-0.3, -0.25) is 0 Å². The normalized spacial score (nSPS) is 12.7. The topological polar surface area (TPSA) is 18.5 Å².